The number of hydrogen-bond donors (Lipinski definition) is 4. The highest BCUT2D eigenvalue weighted by Crippen LogP contribution is 2.42. The monoisotopic (exact) mass is 659 g/mol. The van der Waals surface area contributed by atoms with Gasteiger partial charge < -0.3 is 25.8 Å². The van der Waals surface area contributed by atoms with Crippen LogP contribution < -0.4 is 20.7 Å². The van der Waals surface area contributed by atoms with Crippen molar-refractivity contribution >= 4 is 29.1 Å². The van der Waals surface area contributed by atoms with E-state index >= 15 is 0 Å². The normalized spacial score (nSPS) is 18.2. The largest absolute Gasteiger partial charge is 0.481 e. The Bertz CT molecular complexity index is 1730. The van der Waals surface area contributed by atoms with Crippen LogP contribution in [0.5, 0.6) is 5.88 Å². The van der Waals surface area contributed by atoms with Crippen LogP contribution in [0.25, 0.3) is 33.6 Å². The van der Waals surface area contributed by atoms with Crippen LogP contribution in [0.3, 0.4) is 0 Å². The minimum absolute atomic E-state index is 0.106. The van der Waals surface area contributed by atoms with Crippen LogP contribution in [0.1, 0.15) is 55.5 Å². The molecule has 0 unspecified atom stereocenters. The first-order chi connectivity index (χ1) is 22.3. The van der Waals surface area contributed by atoms with E-state index < -0.39 is 6.10 Å². The number of carbonyl (C=O) groups excluding carboxylic acids is 1. The molecular formula is C36H39Cl2N5O3. The SMILES string of the molecule is COc1nc(-c2cccc(-c3cccc(-c4ccc5c(n4)CCC[C@H]5NC[C@H](C)O)c3Cl)c2Cl)ccc1CNC[C@@H]1CCC(=O)N1. The molecule has 0 bridgehead atoms. The molecule has 1 aliphatic heterocycles. The lowest BCUT2D eigenvalue weighted by Crippen LogP contribution is -2.35. The number of carbonyl (C=O) groups is 1. The van der Waals surface area contributed by atoms with E-state index in [2.05, 4.69) is 22.0 Å². The van der Waals surface area contributed by atoms with Crippen molar-refractivity contribution in [3.63, 3.8) is 0 Å². The number of methoxy groups -OCH3 is 1. The van der Waals surface area contributed by atoms with E-state index in [-0.39, 0.29) is 18.0 Å². The number of benzene rings is 2. The number of fused-ring (bicyclic) bond motifs is 1. The number of ether oxygens (including phenoxy) is 1. The summed E-state index contributed by atoms with van der Waals surface area (Å²) < 4.78 is 5.65. The molecule has 3 atom stereocenters. The minimum Gasteiger partial charge on any atom is -0.481 e. The van der Waals surface area contributed by atoms with Gasteiger partial charge in [0.15, 0.2) is 0 Å². The van der Waals surface area contributed by atoms with Crippen LogP contribution in [0.15, 0.2) is 60.7 Å². The topological polar surface area (TPSA) is 108 Å². The van der Waals surface area contributed by atoms with Gasteiger partial charge in [-0.3, -0.25) is 9.78 Å². The van der Waals surface area contributed by atoms with Crippen molar-refractivity contribution in [3.8, 4) is 39.5 Å². The van der Waals surface area contributed by atoms with Crippen molar-refractivity contribution in [1.82, 2.24) is 25.9 Å². The molecule has 46 heavy (non-hydrogen) atoms. The highest BCUT2D eigenvalue weighted by atomic mass is 35.5. The molecule has 2 aromatic carbocycles. The number of nitrogens with zero attached hydrogens (tertiary/aromatic N) is 2. The molecule has 1 fully saturated rings. The predicted molar refractivity (Wildman–Crippen MR) is 183 cm³/mol. The number of aromatic nitrogens is 2. The summed E-state index contributed by atoms with van der Waals surface area (Å²) in [5, 5.41) is 20.7. The summed E-state index contributed by atoms with van der Waals surface area (Å²) in [4.78, 5) is 21.3. The Labute approximate surface area is 279 Å². The lowest BCUT2D eigenvalue weighted by molar-refractivity contribution is -0.119. The highest BCUT2D eigenvalue weighted by molar-refractivity contribution is 6.39. The Morgan fingerprint density at radius 1 is 0.935 bits per heavy atom. The molecule has 1 aliphatic carbocycles. The second kappa shape index (κ2) is 14.5. The van der Waals surface area contributed by atoms with E-state index in [9.17, 15) is 9.90 Å². The summed E-state index contributed by atoms with van der Waals surface area (Å²) >= 11 is 14.2. The standard InChI is InChI=1S/C36H39Cl2N5O3/c1-21(44)18-40-29-10-5-11-30-26(29)14-16-31(42-30)27-8-3-6-24(34(27)37)25-7-4-9-28(35(25)38)32-15-12-22(36(43-32)46-2)19-39-20-23-13-17-33(45)41-23/h3-4,6-9,12,14-16,21,23,29,39-40,44H,5,10-11,13,17-20H2,1-2H3,(H,41,45)/t21-,23-,29+/m0/s1. The summed E-state index contributed by atoms with van der Waals surface area (Å²) in [6.07, 6.45) is 3.99. The first-order valence-electron chi connectivity index (χ1n) is 15.9. The number of pyridine rings is 2. The Kier molecular flexibility index (Phi) is 10.2. The molecule has 0 saturated carbocycles. The third-order valence-electron chi connectivity index (χ3n) is 8.71. The number of rotatable bonds is 11. The number of aliphatic hydroxyl groups is 1. The molecule has 3 heterocycles. The van der Waals surface area contributed by atoms with E-state index in [1.807, 2.05) is 54.6 Å². The smallest absolute Gasteiger partial charge is 0.220 e. The molecule has 240 valence electrons. The van der Waals surface area contributed by atoms with Crippen LogP contribution in [0, 0.1) is 0 Å². The maximum absolute atomic E-state index is 11.5. The molecule has 0 radical (unpaired) electrons. The number of halogens is 2. The van der Waals surface area contributed by atoms with Crippen molar-refractivity contribution < 1.29 is 14.6 Å². The average Bonchev–Trinajstić information content (AvgIpc) is 3.48. The maximum atomic E-state index is 11.5. The average molecular weight is 661 g/mol. The number of aryl methyl sites for hydroxylation is 1. The number of hydrogen-bond acceptors (Lipinski definition) is 7. The van der Waals surface area contributed by atoms with Crippen molar-refractivity contribution in [2.75, 3.05) is 20.2 Å². The zero-order valence-electron chi connectivity index (χ0n) is 26.1. The van der Waals surface area contributed by atoms with E-state index in [4.69, 9.17) is 37.9 Å². The zero-order valence-corrected chi connectivity index (χ0v) is 27.6. The van der Waals surface area contributed by atoms with Gasteiger partial charge in [0.1, 0.15) is 0 Å². The molecule has 2 aromatic heterocycles. The summed E-state index contributed by atoms with van der Waals surface area (Å²) in [5.74, 6) is 0.623. The molecule has 1 saturated heterocycles. The number of nitrogens with one attached hydrogen (secondary N) is 3. The van der Waals surface area contributed by atoms with Crippen LogP contribution in [-0.4, -0.2) is 53.3 Å². The molecule has 4 N–H and O–H groups in total. The minimum atomic E-state index is -0.400. The van der Waals surface area contributed by atoms with Gasteiger partial charge in [0, 0.05) is 71.6 Å². The summed E-state index contributed by atoms with van der Waals surface area (Å²) in [7, 11) is 1.61. The molecule has 1 amide bonds. The first kappa shape index (κ1) is 32.4. The fourth-order valence-electron chi connectivity index (χ4n) is 6.35. The second-order valence-electron chi connectivity index (χ2n) is 12.1. The first-order valence-corrected chi connectivity index (χ1v) is 16.6. The quantitative estimate of drug-likeness (QED) is 0.145. The van der Waals surface area contributed by atoms with Crippen molar-refractivity contribution in [3.05, 3.63) is 87.5 Å². The van der Waals surface area contributed by atoms with E-state index in [0.717, 1.165) is 64.9 Å². The molecule has 8 nitrogen and oxygen atoms in total. The fraction of sp³-hybridized carbons (Fsp3) is 0.361. The van der Waals surface area contributed by atoms with Gasteiger partial charge in [-0.15, -0.1) is 0 Å². The van der Waals surface area contributed by atoms with Gasteiger partial charge in [0.2, 0.25) is 11.8 Å². The van der Waals surface area contributed by atoms with E-state index in [0.29, 0.717) is 47.7 Å². The third-order valence-corrected chi connectivity index (χ3v) is 9.53. The van der Waals surface area contributed by atoms with Gasteiger partial charge in [0.05, 0.1) is 34.6 Å². The lowest BCUT2D eigenvalue weighted by Gasteiger charge is -2.27. The zero-order chi connectivity index (χ0) is 32.2. The van der Waals surface area contributed by atoms with Crippen LogP contribution in [-0.2, 0) is 17.8 Å². The molecule has 2 aliphatic rings. The second-order valence-corrected chi connectivity index (χ2v) is 12.8. The van der Waals surface area contributed by atoms with Gasteiger partial charge in [0.25, 0.3) is 0 Å². The Hall–Kier alpha value is -3.53. The van der Waals surface area contributed by atoms with Crippen molar-refractivity contribution in [1.29, 1.82) is 0 Å². The summed E-state index contributed by atoms with van der Waals surface area (Å²) in [6.45, 7) is 3.59. The maximum Gasteiger partial charge on any atom is 0.220 e. The highest BCUT2D eigenvalue weighted by Gasteiger charge is 2.24. The van der Waals surface area contributed by atoms with Crippen molar-refractivity contribution in [2.45, 2.75) is 63.8 Å². The molecule has 4 aromatic rings. The Morgan fingerprint density at radius 2 is 1.61 bits per heavy atom. The van der Waals surface area contributed by atoms with E-state index in [1.165, 1.54) is 5.56 Å². The van der Waals surface area contributed by atoms with Gasteiger partial charge in [-0.1, -0.05) is 71.7 Å². The lowest BCUT2D eigenvalue weighted by atomic mass is 9.90. The summed E-state index contributed by atoms with van der Waals surface area (Å²) in [5.41, 5.74) is 7.92. The van der Waals surface area contributed by atoms with E-state index in [1.54, 1.807) is 14.0 Å². The van der Waals surface area contributed by atoms with Gasteiger partial charge in [-0.05, 0) is 50.3 Å². The number of amides is 1. The predicted octanol–water partition coefficient (Wildman–Crippen LogP) is 6.51. The fourth-order valence-corrected chi connectivity index (χ4v) is 7.00. The third kappa shape index (κ3) is 7.06. The van der Waals surface area contributed by atoms with Crippen LogP contribution >= 0.6 is 23.2 Å². The molecule has 10 heteroatoms. The summed E-state index contributed by atoms with van der Waals surface area (Å²) in [6, 6.07) is 20.2. The van der Waals surface area contributed by atoms with Crippen LogP contribution in [0.2, 0.25) is 10.0 Å². The molecule has 0 spiro atoms. The van der Waals surface area contributed by atoms with Crippen LogP contribution in [0.4, 0.5) is 0 Å². The molecular weight excluding hydrogens is 621 g/mol. The van der Waals surface area contributed by atoms with Gasteiger partial charge in [-0.2, -0.15) is 0 Å². The number of aliphatic hydroxyl groups excluding tert-OH is 1. The van der Waals surface area contributed by atoms with Crippen molar-refractivity contribution in [2.24, 2.45) is 0 Å². The Morgan fingerprint density at radius 3 is 2.26 bits per heavy atom. The van der Waals surface area contributed by atoms with Gasteiger partial charge in [-0.25, -0.2) is 4.98 Å². The Balaban J connectivity index is 1.25. The van der Waals surface area contributed by atoms with Gasteiger partial charge >= 0.3 is 0 Å². The molecule has 6 rings (SSSR count).